The predicted molar refractivity (Wildman–Crippen MR) is 130 cm³/mol. The van der Waals surface area contributed by atoms with Crippen molar-refractivity contribution in [1.82, 2.24) is 4.90 Å². The average Bonchev–Trinajstić information content (AvgIpc) is 2.86. The molecule has 0 atom stereocenters. The lowest BCUT2D eigenvalue weighted by Gasteiger charge is -2.33. The van der Waals surface area contributed by atoms with Gasteiger partial charge >= 0.3 is 0 Å². The zero-order chi connectivity index (χ0) is 24.0. The van der Waals surface area contributed by atoms with Crippen LogP contribution in [0.4, 0.5) is 0 Å². The molecule has 34 heavy (non-hydrogen) atoms. The van der Waals surface area contributed by atoms with Gasteiger partial charge in [-0.25, -0.2) is 8.42 Å². The van der Waals surface area contributed by atoms with E-state index in [-0.39, 0.29) is 31.0 Å². The first-order valence-corrected chi connectivity index (χ1v) is 13.5. The lowest BCUT2D eigenvalue weighted by Crippen LogP contribution is -2.53. The molecule has 7 nitrogen and oxygen atoms in total. The second-order valence-electron chi connectivity index (χ2n) is 9.15. The van der Waals surface area contributed by atoms with E-state index < -0.39 is 20.5 Å². The van der Waals surface area contributed by atoms with Crippen LogP contribution in [0.3, 0.4) is 0 Å². The number of nitrogens with two attached hydrogens (primary N) is 1. The highest BCUT2D eigenvalue weighted by molar-refractivity contribution is 7.93. The number of amides is 1. The predicted octanol–water partition coefficient (Wildman–Crippen LogP) is 3.10. The van der Waals surface area contributed by atoms with Crippen molar-refractivity contribution in [2.45, 2.75) is 54.7 Å². The largest absolute Gasteiger partial charge is 0.494 e. The van der Waals surface area contributed by atoms with Crippen LogP contribution >= 0.6 is 0 Å². The van der Waals surface area contributed by atoms with Crippen LogP contribution in [0.15, 0.2) is 53.4 Å². The topological polar surface area (TPSA) is 98.9 Å². The molecule has 1 saturated heterocycles. The summed E-state index contributed by atoms with van der Waals surface area (Å²) in [6.07, 6.45) is 4.42. The Morgan fingerprint density at radius 3 is 2.41 bits per heavy atom. The molecule has 1 amide bonds. The van der Waals surface area contributed by atoms with E-state index in [1.807, 2.05) is 0 Å². The zero-order valence-corrected chi connectivity index (χ0v) is 20.4. The first-order valence-electron chi connectivity index (χ1n) is 12.1. The summed E-state index contributed by atoms with van der Waals surface area (Å²) in [5.41, 5.74) is 8.45. The Hall–Kier alpha value is -2.42. The van der Waals surface area contributed by atoms with E-state index in [1.54, 1.807) is 12.1 Å². The highest BCUT2D eigenvalue weighted by Crippen LogP contribution is 2.35. The van der Waals surface area contributed by atoms with Crippen LogP contribution in [0.25, 0.3) is 0 Å². The zero-order valence-electron chi connectivity index (χ0n) is 19.6. The molecule has 2 aliphatic heterocycles. The Bertz CT molecular complexity index is 1080. The number of sulfone groups is 1. The second kappa shape index (κ2) is 10.9. The minimum absolute atomic E-state index is 0.0762. The molecule has 1 fully saturated rings. The van der Waals surface area contributed by atoms with Gasteiger partial charge in [-0.1, -0.05) is 24.3 Å². The molecule has 0 bridgehead atoms. The second-order valence-corrected chi connectivity index (χ2v) is 11.4. The molecule has 0 saturated carbocycles. The van der Waals surface area contributed by atoms with Gasteiger partial charge in [-0.05, 0) is 80.5 Å². The Morgan fingerprint density at radius 1 is 1.00 bits per heavy atom. The first kappa shape index (κ1) is 24.7. The van der Waals surface area contributed by atoms with E-state index >= 15 is 0 Å². The molecule has 2 aromatic rings. The molecule has 8 heteroatoms. The van der Waals surface area contributed by atoms with Crippen molar-refractivity contribution in [2.75, 3.05) is 32.9 Å². The summed E-state index contributed by atoms with van der Waals surface area (Å²) in [5, 5.41) is 0. The summed E-state index contributed by atoms with van der Waals surface area (Å²) in [6.45, 7) is 4.23. The number of primary amides is 1. The number of fused-ring (bicyclic) bond motifs is 1. The standard InChI is InChI=1S/C26H34N2O5S/c27-25(29)26(13-18-32-19-14-26)34(30,31)24-10-8-23(9-11-24)33-17-5-1-4-15-28-16-12-21-6-2-3-7-22(21)20-28/h2-3,6-11H,1,4-5,12-20H2,(H2,27,29). The van der Waals surface area contributed by atoms with E-state index in [2.05, 4.69) is 29.2 Å². The SMILES string of the molecule is NC(=O)C1(S(=O)(=O)c2ccc(OCCCCCN3CCc4ccccc4C3)cc2)CCOCC1. The fraction of sp³-hybridized carbons (Fsp3) is 0.500. The molecule has 4 rings (SSSR count). The van der Waals surface area contributed by atoms with E-state index in [9.17, 15) is 13.2 Å². The third-order valence-electron chi connectivity index (χ3n) is 7.00. The molecular weight excluding hydrogens is 452 g/mol. The molecule has 2 heterocycles. The van der Waals surface area contributed by atoms with Crippen molar-refractivity contribution in [3.63, 3.8) is 0 Å². The lowest BCUT2D eigenvalue weighted by molar-refractivity contribution is -0.122. The highest BCUT2D eigenvalue weighted by Gasteiger charge is 2.51. The van der Waals surface area contributed by atoms with Gasteiger partial charge < -0.3 is 15.2 Å². The molecule has 0 aromatic heterocycles. The quantitative estimate of drug-likeness (QED) is 0.518. The molecule has 2 aliphatic rings. The fourth-order valence-electron chi connectivity index (χ4n) is 4.84. The molecule has 184 valence electrons. The number of rotatable bonds is 10. The van der Waals surface area contributed by atoms with Gasteiger partial charge in [0.2, 0.25) is 5.91 Å². The maximum atomic E-state index is 13.2. The lowest BCUT2D eigenvalue weighted by atomic mass is 9.98. The van der Waals surface area contributed by atoms with E-state index in [4.69, 9.17) is 15.2 Å². The van der Waals surface area contributed by atoms with Gasteiger partial charge in [0.25, 0.3) is 0 Å². The van der Waals surface area contributed by atoms with Crippen molar-refractivity contribution in [2.24, 2.45) is 5.73 Å². The summed E-state index contributed by atoms with van der Waals surface area (Å²) in [7, 11) is -3.92. The normalized spacial score (nSPS) is 18.2. The molecule has 0 unspecified atom stereocenters. The maximum Gasteiger partial charge on any atom is 0.239 e. The van der Waals surface area contributed by atoms with Crippen LogP contribution in [0, 0.1) is 0 Å². The number of carbonyl (C=O) groups is 1. The van der Waals surface area contributed by atoms with Crippen molar-refractivity contribution < 1.29 is 22.7 Å². The number of benzene rings is 2. The fourth-order valence-corrected chi connectivity index (χ4v) is 6.75. The molecule has 0 spiro atoms. The molecule has 2 N–H and O–H groups in total. The van der Waals surface area contributed by atoms with Gasteiger partial charge in [0.15, 0.2) is 14.6 Å². The summed E-state index contributed by atoms with van der Waals surface area (Å²) in [6, 6.07) is 15.0. The number of hydrogen-bond donors (Lipinski definition) is 1. The van der Waals surface area contributed by atoms with Crippen LogP contribution in [0.1, 0.15) is 43.2 Å². The Labute approximate surface area is 202 Å². The number of hydrogen-bond acceptors (Lipinski definition) is 6. The van der Waals surface area contributed by atoms with Gasteiger partial charge in [-0.15, -0.1) is 0 Å². The monoisotopic (exact) mass is 486 g/mol. The van der Waals surface area contributed by atoms with Gasteiger partial charge in [-0.2, -0.15) is 0 Å². The molecular formula is C26H34N2O5S. The average molecular weight is 487 g/mol. The summed E-state index contributed by atoms with van der Waals surface area (Å²) >= 11 is 0. The molecule has 0 aliphatic carbocycles. The summed E-state index contributed by atoms with van der Waals surface area (Å²) < 4.78 is 35.8. The van der Waals surface area contributed by atoms with Crippen LogP contribution in [-0.2, 0) is 32.3 Å². The summed E-state index contributed by atoms with van der Waals surface area (Å²) in [4.78, 5) is 14.7. The van der Waals surface area contributed by atoms with Crippen molar-refractivity contribution >= 4 is 15.7 Å². The molecule has 2 aromatic carbocycles. The smallest absolute Gasteiger partial charge is 0.239 e. The van der Waals surface area contributed by atoms with Crippen LogP contribution in [-0.4, -0.2) is 56.9 Å². The van der Waals surface area contributed by atoms with Gasteiger partial charge in [-0.3, -0.25) is 9.69 Å². The van der Waals surface area contributed by atoms with Crippen molar-refractivity contribution in [1.29, 1.82) is 0 Å². The van der Waals surface area contributed by atoms with Crippen molar-refractivity contribution in [3.05, 3.63) is 59.7 Å². The number of ether oxygens (including phenoxy) is 2. The maximum absolute atomic E-state index is 13.2. The molecule has 0 radical (unpaired) electrons. The van der Waals surface area contributed by atoms with Crippen LogP contribution < -0.4 is 10.5 Å². The summed E-state index contributed by atoms with van der Waals surface area (Å²) in [5.74, 6) is -0.198. The minimum atomic E-state index is -3.92. The Kier molecular flexibility index (Phi) is 7.91. The Morgan fingerprint density at radius 2 is 1.71 bits per heavy atom. The number of carbonyl (C=O) groups excluding carboxylic acids is 1. The van der Waals surface area contributed by atoms with Gasteiger partial charge in [0, 0.05) is 26.3 Å². The van der Waals surface area contributed by atoms with Gasteiger partial charge in [0.1, 0.15) is 5.75 Å². The van der Waals surface area contributed by atoms with Crippen LogP contribution in [0.5, 0.6) is 5.75 Å². The van der Waals surface area contributed by atoms with E-state index in [1.165, 1.54) is 23.3 Å². The first-order chi connectivity index (χ1) is 16.4. The number of nitrogens with zero attached hydrogens (tertiary/aromatic N) is 1. The minimum Gasteiger partial charge on any atom is -0.494 e. The van der Waals surface area contributed by atoms with Crippen molar-refractivity contribution in [3.8, 4) is 5.75 Å². The highest BCUT2D eigenvalue weighted by atomic mass is 32.2. The number of unbranched alkanes of at least 4 members (excludes halogenated alkanes) is 2. The van der Waals surface area contributed by atoms with Crippen LogP contribution in [0.2, 0.25) is 0 Å². The van der Waals surface area contributed by atoms with Gasteiger partial charge in [0.05, 0.1) is 11.5 Å². The van der Waals surface area contributed by atoms with E-state index in [0.29, 0.717) is 12.4 Å². The third-order valence-corrected chi connectivity index (χ3v) is 9.53. The third kappa shape index (κ3) is 5.29. The Balaban J connectivity index is 1.21. The van der Waals surface area contributed by atoms with E-state index in [0.717, 1.165) is 45.3 Å².